The molecule has 3 aromatic rings. The Morgan fingerprint density at radius 3 is 2.66 bits per heavy atom. The predicted molar refractivity (Wildman–Crippen MR) is 117 cm³/mol. The first-order chi connectivity index (χ1) is 14.3. The Kier molecular flexibility index (Phi) is 6.97. The molecule has 4 rings (SSSR count). The minimum Gasteiger partial charge on any atom is -0.339 e. The highest BCUT2D eigenvalue weighted by Crippen LogP contribution is 2.18. The van der Waals surface area contributed by atoms with E-state index < -0.39 is 0 Å². The van der Waals surface area contributed by atoms with E-state index in [4.69, 9.17) is 0 Å². The van der Waals surface area contributed by atoms with Gasteiger partial charge in [0.25, 0.3) is 0 Å². The molecule has 1 aliphatic rings. The van der Waals surface area contributed by atoms with Crippen molar-refractivity contribution < 1.29 is 4.79 Å². The van der Waals surface area contributed by atoms with E-state index in [1.807, 2.05) is 15.5 Å². The fourth-order valence-corrected chi connectivity index (χ4v) is 4.95. The van der Waals surface area contributed by atoms with E-state index in [0.717, 1.165) is 50.8 Å². The number of thiophene rings is 1. The summed E-state index contributed by atoms with van der Waals surface area (Å²) in [4.78, 5) is 18.4. The van der Waals surface area contributed by atoms with Crippen LogP contribution in [0.4, 0.5) is 0 Å². The Hall–Kier alpha value is -2.16. The summed E-state index contributed by atoms with van der Waals surface area (Å²) < 4.78 is 2.04. The number of aromatic nitrogens is 3. The molecule has 6 nitrogen and oxygen atoms in total. The molecule has 29 heavy (non-hydrogen) atoms. The Morgan fingerprint density at radius 2 is 1.90 bits per heavy atom. The molecule has 3 heterocycles. The Morgan fingerprint density at radius 1 is 1.07 bits per heavy atom. The highest BCUT2D eigenvalue weighted by atomic mass is 32.2. The van der Waals surface area contributed by atoms with E-state index in [0.29, 0.717) is 5.75 Å². The molecule has 0 radical (unpaired) electrons. The van der Waals surface area contributed by atoms with Crippen LogP contribution in [0, 0.1) is 0 Å². The molecule has 0 unspecified atom stereocenters. The summed E-state index contributed by atoms with van der Waals surface area (Å²) in [5.41, 5.74) is 1.32. The van der Waals surface area contributed by atoms with Crippen molar-refractivity contribution in [2.75, 3.05) is 31.9 Å². The molecular weight excluding hydrogens is 402 g/mol. The summed E-state index contributed by atoms with van der Waals surface area (Å²) in [7, 11) is 0. The SMILES string of the molecule is O=C(CSc1nncn1CCc1cccs1)N1CCN(Cc2ccccc2)CC1. The lowest BCUT2D eigenvalue weighted by Gasteiger charge is -2.34. The monoisotopic (exact) mass is 427 g/mol. The average molecular weight is 428 g/mol. The summed E-state index contributed by atoms with van der Waals surface area (Å²) in [5.74, 6) is 0.596. The number of thioether (sulfide) groups is 1. The molecule has 8 heteroatoms. The van der Waals surface area contributed by atoms with Gasteiger partial charge >= 0.3 is 0 Å². The molecule has 0 bridgehead atoms. The van der Waals surface area contributed by atoms with Crippen molar-refractivity contribution >= 4 is 29.0 Å². The molecule has 152 valence electrons. The molecule has 1 aromatic carbocycles. The van der Waals surface area contributed by atoms with Gasteiger partial charge in [-0.25, -0.2) is 0 Å². The van der Waals surface area contributed by atoms with Crippen molar-refractivity contribution in [1.29, 1.82) is 0 Å². The lowest BCUT2D eigenvalue weighted by Crippen LogP contribution is -2.48. The first-order valence-corrected chi connectivity index (χ1v) is 11.7. The number of rotatable bonds is 8. The molecule has 0 spiro atoms. The smallest absolute Gasteiger partial charge is 0.233 e. The van der Waals surface area contributed by atoms with Crippen molar-refractivity contribution in [3.63, 3.8) is 0 Å². The fraction of sp³-hybridized carbons (Fsp3) is 0.381. The molecule has 1 saturated heterocycles. The highest BCUT2D eigenvalue weighted by Gasteiger charge is 2.21. The zero-order valence-corrected chi connectivity index (χ0v) is 17.9. The quantitative estimate of drug-likeness (QED) is 0.517. The first-order valence-electron chi connectivity index (χ1n) is 9.85. The number of piperazine rings is 1. The van der Waals surface area contributed by atoms with Gasteiger partial charge in [0.05, 0.1) is 5.75 Å². The summed E-state index contributed by atoms with van der Waals surface area (Å²) in [6.07, 6.45) is 2.71. The summed E-state index contributed by atoms with van der Waals surface area (Å²) in [5, 5.41) is 11.1. The number of carbonyl (C=O) groups is 1. The maximum atomic E-state index is 12.6. The van der Waals surface area contributed by atoms with Gasteiger partial charge in [0.2, 0.25) is 5.91 Å². The summed E-state index contributed by atoms with van der Waals surface area (Å²) in [6.45, 7) is 5.20. The molecule has 1 aliphatic heterocycles. The second-order valence-corrected chi connectivity index (χ2v) is 9.04. The lowest BCUT2D eigenvalue weighted by atomic mass is 10.2. The van der Waals surface area contributed by atoms with Gasteiger partial charge in [0, 0.05) is 44.1 Å². The minimum atomic E-state index is 0.183. The Bertz CT molecular complexity index is 889. The van der Waals surface area contributed by atoms with E-state index in [2.05, 4.69) is 56.9 Å². The molecule has 0 saturated carbocycles. The molecule has 1 amide bonds. The third-order valence-corrected chi connectivity index (χ3v) is 6.96. The number of carbonyl (C=O) groups excluding carboxylic acids is 1. The van der Waals surface area contributed by atoms with E-state index in [-0.39, 0.29) is 5.91 Å². The normalized spacial score (nSPS) is 15.0. The maximum Gasteiger partial charge on any atom is 0.233 e. The van der Waals surface area contributed by atoms with Gasteiger partial charge in [0.15, 0.2) is 5.16 Å². The van der Waals surface area contributed by atoms with Crippen LogP contribution in [0.25, 0.3) is 0 Å². The number of hydrogen-bond donors (Lipinski definition) is 0. The van der Waals surface area contributed by atoms with E-state index in [1.165, 1.54) is 22.2 Å². The summed E-state index contributed by atoms with van der Waals surface area (Å²) >= 11 is 3.25. The third-order valence-electron chi connectivity index (χ3n) is 5.06. The van der Waals surface area contributed by atoms with Crippen LogP contribution in [0.5, 0.6) is 0 Å². The number of nitrogens with zero attached hydrogens (tertiary/aromatic N) is 5. The fourth-order valence-electron chi connectivity index (χ4n) is 3.41. The topological polar surface area (TPSA) is 54.3 Å². The average Bonchev–Trinajstić information content (AvgIpc) is 3.43. The standard InChI is InChI=1S/C21H25N5OS2/c27-20(25-12-10-24(11-13-25)15-18-5-2-1-3-6-18)16-29-21-23-22-17-26(21)9-8-19-7-4-14-28-19/h1-7,14,17H,8-13,15-16H2. The van der Waals surface area contributed by atoms with Gasteiger partial charge in [-0.1, -0.05) is 48.2 Å². The molecule has 0 N–H and O–H groups in total. The number of aryl methyl sites for hydroxylation is 2. The Labute approximate surface area is 179 Å². The molecule has 2 aromatic heterocycles. The Balaban J connectivity index is 1.21. The van der Waals surface area contributed by atoms with Crippen LogP contribution in [0.1, 0.15) is 10.4 Å². The van der Waals surface area contributed by atoms with E-state index in [1.54, 1.807) is 17.7 Å². The van der Waals surface area contributed by atoms with Crippen LogP contribution in [0.3, 0.4) is 0 Å². The van der Waals surface area contributed by atoms with Gasteiger partial charge in [-0.05, 0) is 23.4 Å². The zero-order chi connectivity index (χ0) is 19.9. The van der Waals surface area contributed by atoms with Crippen LogP contribution in [0.15, 0.2) is 59.3 Å². The van der Waals surface area contributed by atoms with Gasteiger partial charge in [-0.3, -0.25) is 9.69 Å². The third kappa shape index (κ3) is 5.68. The molecule has 0 atom stereocenters. The second-order valence-electron chi connectivity index (χ2n) is 7.07. The van der Waals surface area contributed by atoms with Crippen molar-refractivity contribution in [2.24, 2.45) is 0 Å². The second kappa shape index (κ2) is 10.0. The van der Waals surface area contributed by atoms with Crippen molar-refractivity contribution in [1.82, 2.24) is 24.6 Å². The van der Waals surface area contributed by atoms with Crippen molar-refractivity contribution in [3.8, 4) is 0 Å². The van der Waals surface area contributed by atoms with E-state index >= 15 is 0 Å². The van der Waals surface area contributed by atoms with Crippen LogP contribution in [0.2, 0.25) is 0 Å². The van der Waals surface area contributed by atoms with Crippen LogP contribution < -0.4 is 0 Å². The number of amides is 1. The van der Waals surface area contributed by atoms with Gasteiger partial charge < -0.3 is 9.47 Å². The summed E-state index contributed by atoms with van der Waals surface area (Å²) in [6, 6.07) is 14.7. The van der Waals surface area contributed by atoms with Gasteiger partial charge in [0.1, 0.15) is 6.33 Å². The number of hydrogen-bond acceptors (Lipinski definition) is 6. The highest BCUT2D eigenvalue weighted by molar-refractivity contribution is 7.99. The van der Waals surface area contributed by atoms with Crippen LogP contribution in [-0.2, 0) is 24.3 Å². The molecule has 0 aliphatic carbocycles. The van der Waals surface area contributed by atoms with Crippen molar-refractivity contribution in [2.45, 2.75) is 24.7 Å². The minimum absolute atomic E-state index is 0.183. The van der Waals surface area contributed by atoms with Crippen molar-refractivity contribution in [3.05, 3.63) is 64.6 Å². The zero-order valence-electron chi connectivity index (χ0n) is 16.3. The van der Waals surface area contributed by atoms with Gasteiger partial charge in [-0.15, -0.1) is 21.5 Å². The molecule has 1 fully saturated rings. The van der Waals surface area contributed by atoms with Crippen LogP contribution >= 0.6 is 23.1 Å². The largest absolute Gasteiger partial charge is 0.339 e. The predicted octanol–water partition coefficient (Wildman–Crippen LogP) is 3.02. The lowest BCUT2D eigenvalue weighted by molar-refractivity contribution is -0.130. The number of benzene rings is 1. The first kappa shape index (κ1) is 20.1. The molecular formula is C21H25N5OS2. The van der Waals surface area contributed by atoms with Gasteiger partial charge in [-0.2, -0.15) is 0 Å². The van der Waals surface area contributed by atoms with Crippen LogP contribution in [-0.4, -0.2) is 62.4 Å². The maximum absolute atomic E-state index is 12.6. The van der Waals surface area contributed by atoms with E-state index in [9.17, 15) is 4.79 Å².